The summed E-state index contributed by atoms with van der Waals surface area (Å²) in [6.07, 6.45) is 2.29. The molecule has 0 spiro atoms. The van der Waals surface area contributed by atoms with E-state index >= 15 is 0 Å². The van der Waals surface area contributed by atoms with Crippen molar-refractivity contribution in [1.82, 2.24) is 9.80 Å². The fourth-order valence-corrected chi connectivity index (χ4v) is 2.90. The van der Waals surface area contributed by atoms with Crippen LogP contribution in [-0.2, 0) is 9.53 Å². The number of β-amino-alcohol motifs (C(OH)–C–C–N with tert-alkyl or cyclic N) is 1. The van der Waals surface area contributed by atoms with E-state index in [0.717, 1.165) is 32.4 Å². The first kappa shape index (κ1) is 16.1. The van der Waals surface area contributed by atoms with Crippen molar-refractivity contribution in [3.63, 3.8) is 0 Å². The molecule has 0 bridgehead atoms. The highest BCUT2D eigenvalue weighted by molar-refractivity contribution is 5.86. The van der Waals surface area contributed by atoms with E-state index in [9.17, 15) is 14.7 Å². The Morgan fingerprint density at radius 3 is 2.33 bits per heavy atom. The van der Waals surface area contributed by atoms with Crippen LogP contribution in [0.25, 0.3) is 0 Å². The monoisotopic (exact) mass is 298 g/mol. The van der Waals surface area contributed by atoms with Crippen LogP contribution in [0.2, 0.25) is 0 Å². The minimum absolute atomic E-state index is 0.0582. The van der Waals surface area contributed by atoms with Gasteiger partial charge in [0.05, 0.1) is 12.6 Å². The third kappa shape index (κ3) is 4.09. The Morgan fingerprint density at radius 2 is 1.76 bits per heavy atom. The second kappa shape index (κ2) is 6.22. The SMILES string of the molecule is CC(C)(C)OC(=O)N1CC(O)CC1C(=O)N1CCCCC1. The predicted octanol–water partition coefficient (Wildman–Crippen LogP) is 1.37. The number of aliphatic hydroxyl groups is 1. The first-order valence-electron chi connectivity index (χ1n) is 7.74. The van der Waals surface area contributed by atoms with Gasteiger partial charge in [-0.25, -0.2) is 4.79 Å². The van der Waals surface area contributed by atoms with E-state index in [1.54, 1.807) is 20.8 Å². The largest absolute Gasteiger partial charge is 0.444 e. The van der Waals surface area contributed by atoms with Crippen LogP contribution >= 0.6 is 0 Å². The normalized spacial score (nSPS) is 26.9. The highest BCUT2D eigenvalue weighted by Crippen LogP contribution is 2.24. The molecule has 1 N–H and O–H groups in total. The number of carbonyl (C=O) groups excluding carboxylic acids is 2. The Morgan fingerprint density at radius 1 is 1.14 bits per heavy atom. The number of rotatable bonds is 1. The topological polar surface area (TPSA) is 70.1 Å². The van der Waals surface area contributed by atoms with Crippen molar-refractivity contribution in [2.24, 2.45) is 0 Å². The van der Waals surface area contributed by atoms with Crippen LogP contribution in [0.4, 0.5) is 4.79 Å². The summed E-state index contributed by atoms with van der Waals surface area (Å²) in [5.41, 5.74) is -0.608. The number of likely N-dealkylation sites (tertiary alicyclic amines) is 2. The van der Waals surface area contributed by atoms with E-state index in [4.69, 9.17) is 4.74 Å². The van der Waals surface area contributed by atoms with Gasteiger partial charge >= 0.3 is 6.09 Å². The molecule has 0 aromatic carbocycles. The standard InChI is InChI=1S/C15H26N2O4/c1-15(2,3)21-14(20)17-10-11(18)9-12(17)13(19)16-7-5-4-6-8-16/h11-12,18H,4-10H2,1-3H3. The zero-order chi connectivity index (χ0) is 15.6. The molecular weight excluding hydrogens is 272 g/mol. The summed E-state index contributed by atoms with van der Waals surface area (Å²) in [5, 5.41) is 9.84. The van der Waals surface area contributed by atoms with Crippen LogP contribution < -0.4 is 0 Å². The van der Waals surface area contributed by atoms with E-state index in [0.29, 0.717) is 6.42 Å². The third-order valence-corrected chi connectivity index (χ3v) is 3.86. The van der Waals surface area contributed by atoms with Crippen LogP contribution in [-0.4, -0.2) is 64.3 Å². The summed E-state index contributed by atoms with van der Waals surface area (Å²) in [6, 6.07) is -0.590. The van der Waals surface area contributed by atoms with Crippen molar-refractivity contribution in [3.8, 4) is 0 Å². The van der Waals surface area contributed by atoms with Crippen LogP contribution in [0.1, 0.15) is 46.5 Å². The molecule has 2 amide bonds. The molecule has 6 nitrogen and oxygen atoms in total. The molecule has 6 heteroatoms. The molecule has 2 saturated heterocycles. The zero-order valence-corrected chi connectivity index (χ0v) is 13.2. The first-order valence-corrected chi connectivity index (χ1v) is 7.74. The maximum atomic E-state index is 12.6. The summed E-state index contributed by atoms with van der Waals surface area (Å²) in [4.78, 5) is 28.0. The number of ether oxygens (including phenoxy) is 1. The van der Waals surface area contributed by atoms with Crippen LogP contribution in [0.3, 0.4) is 0 Å². The number of aliphatic hydroxyl groups excluding tert-OH is 1. The molecule has 2 aliphatic heterocycles. The Bertz CT molecular complexity index is 399. The van der Waals surface area contributed by atoms with Crippen LogP contribution in [0.5, 0.6) is 0 Å². The van der Waals surface area contributed by atoms with Gasteiger partial charge in [-0.1, -0.05) is 0 Å². The summed E-state index contributed by atoms with van der Waals surface area (Å²) in [7, 11) is 0. The quantitative estimate of drug-likeness (QED) is 0.794. The Hall–Kier alpha value is -1.30. The van der Waals surface area contributed by atoms with Gasteiger partial charge in [-0.05, 0) is 40.0 Å². The van der Waals surface area contributed by atoms with Crippen molar-refractivity contribution in [1.29, 1.82) is 0 Å². The lowest BCUT2D eigenvalue weighted by Crippen LogP contribution is -2.50. The summed E-state index contributed by atoms with van der Waals surface area (Å²) in [6.45, 7) is 7.02. The number of nitrogens with zero attached hydrogens (tertiary/aromatic N) is 2. The molecule has 2 unspecified atom stereocenters. The highest BCUT2D eigenvalue weighted by Gasteiger charge is 2.42. The Balaban J connectivity index is 2.05. The molecular formula is C15H26N2O4. The minimum Gasteiger partial charge on any atom is -0.444 e. The molecule has 0 aliphatic carbocycles. The second-order valence-electron chi connectivity index (χ2n) is 6.92. The third-order valence-electron chi connectivity index (χ3n) is 3.86. The lowest BCUT2D eigenvalue weighted by atomic mass is 10.1. The van der Waals surface area contributed by atoms with E-state index in [1.165, 1.54) is 4.90 Å². The molecule has 2 rings (SSSR count). The number of hydrogen-bond donors (Lipinski definition) is 1. The van der Waals surface area contributed by atoms with Gasteiger partial charge in [0, 0.05) is 19.5 Å². The fraction of sp³-hybridized carbons (Fsp3) is 0.867. The molecule has 21 heavy (non-hydrogen) atoms. The molecule has 2 fully saturated rings. The number of amides is 2. The molecule has 0 aromatic heterocycles. The van der Waals surface area contributed by atoms with E-state index < -0.39 is 23.8 Å². The van der Waals surface area contributed by atoms with Crippen LogP contribution in [0, 0.1) is 0 Å². The smallest absolute Gasteiger partial charge is 0.411 e. The highest BCUT2D eigenvalue weighted by atomic mass is 16.6. The molecule has 0 saturated carbocycles. The van der Waals surface area contributed by atoms with Gasteiger partial charge in [0.15, 0.2) is 0 Å². The average molecular weight is 298 g/mol. The average Bonchev–Trinajstić information content (AvgIpc) is 2.79. The number of carbonyl (C=O) groups is 2. The van der Waals surface area contributed by atoms with E-state index in [-0.39, 0.29) is 12.5 Å². The van der Waals surface area contributed by atoms with Gasteiger partial charge in [0.1, 0.15) is 11.6 Å². The molecule has 0 aromatic rings. The van der Waals surface area contributed by atoms with Crippen molar-refractivity contribution in [3.05, 3.63) is 0 Å². The van der Waals surface area contributed by atoms with Crippen molar-refractivity contribution in [2.45, 2.75) is 64.2 Å². The van der Waals surface area contributed by atoms with Gasteiger partial charge in [-0.2, -0.15) is 0 Å². The predicted molar refractivity (Wildman–Crippen MR) is 77.8 cm³/mol. The van der Waals surface area contributed by atoms with Gasteiger partial charge in [-0.3, -0.25) is 9.69 Å². The molecule has 2 heterocycles. The lowest BCUT2D eigenvalue weighted by Gasteiger charge is -2.33. The van der Waals surface area contributed by atoms with Crippen LogP contribution in [0.15, 0.2) is 0 Å². The van der Waals surface area contributed by atoms with E-state index in [1.807, 2.05) is 4.90 Å². The first-order chi connectivity index (χ1) is 9.78. The summed E-state index contributed by atoms with van der Waals surface area (Å²) < 4.78 is 5.34. The number of hydrogen-bond acceptors (Lipinski definition) is 4. The van der Waals surface area contributed by atoms with Gasteiger partial charge in [0.2, 0.25) is 5.91 Å². The molecule has 0 radical (unpaired) electrons. The van der Waals surface area contributed by atoms with Crippen molar-refractivity contribution in [2.75, 3.05) is 19.6 Å². The Kier molecular flexibility index (Phi) is 4.76. The molecule has 120 valence electrons. The summed E-state index contributed by atoms with van der Waals surface area (Å²) >= 11 is 0. The number of piperidine rings is 1. The zero-order valence-electron chi connectivity index (χ0n) is 13.2. The second-order valence-corrected chi connectivity index (χ2v) is 6.92. The van der Waals surface area contributed by atoms with Gasteiger partial charge in [-0.15, -0.1) is 0 Å². The van der Waals surface area contributed by atoms with Gasteiger partial charge < -0.3 is 14.7 Å². The lowest BCUT2D eigenvalue weighted by molar-refractivity contribution is -0.136. The summed E-state index contributed by atoms with van der Waals surface area (Å²) in [5.74, 6) is -0.0582. The van der Waals surface area contributed by atoms with Crippen molar-refractivity contribution >= 4 is 12.0 Å². The van der Waals surface area contributed by atoms with Gasteiger partial charge in [0.25, 0.3) is 0 Å². The van der Waals surface area contributed by atoms with Crippen molar-refractivity contribution < 1.29 is 19.4 Å². The van der Waals surface area contributed by atoms with E-state index in [2.05, 4.69) is 0 Å². The fourth-order valence-electron chi connectivity index (χ4n) is 2.90. The molecule has 2 atom stereocenters. The maximum Gasteiger partial charge on any atom is 0.411 e. The molecule has 2 aliphatic rings. The maximum absolute atomic E-state index is 12.6. The minimum atomic E-state index is -0.656. The Labute approximate surface area is 126 Å².